The highest BCUT2D eigenvalue weighted by Crippen LogP contribution is 2.38. The molecule has 0 saturated carbocycles. The van der Waals surface area contributed by atoms with Crippen molar-refractivity contribution in [1.29, 1.82) is 0 Å². The monoisotopic (exact) mass is 303 g/mol. The molecule has 2 atom stereocenters. The van der Waals surface area contributed by atoms with Crippen molar-refractivity contribution in [2.75, 3.05) is 20.2 Å². The molecule has 0 aliphatic carbocycles. The van der Waals surface area contributed by atoms with Crippen LogP contribution in [0.15, 0.2) is 18.2 Å². The second-order valence-electron chi connectivity index (χ2n) is 6.11. The average Bonchev–Trinajstić information content (AvgIpc) is 3.06. The number of aromatic amines is 1. The molecule has 2 aromatic rings. The molecule has 4 rings (SSSR count). The standard InChI is InChI=1S/C16H21N3OS/c1-20-14-7-4-6-13-15(14)17-16(21)19(13)12-8-10-18-9-3-2-5-11(12)18/h4,6-7,11-12H,2-3,5,8-10H2,1H3,(H,17,21). The summed E-state index contributed by atoms with van der Waals surface area (Å²) < 4.78 is 8.63. The maximum atomic E-state index is 5.62. The Morgan fingerprint density at radius 3 is 2.95 bits per heavy atom. The van der Waals surface area contributed by atoms with Crippen LogP contribution in [0, 0.1) is 4.77 Å². The molecule has 0 radical (unpaired) electrons. The van der Waals surface area contributed by atoms with Gasteiger partial charge in [0.15, 0.2) is 4.77 Å². The van der Waals surface area contributed by atoms with Crippen molar-refractivity contribution in [1.82, 2.24) is 14.5 Å². The number of imidazole rings is 1. The highest BCUT2D eigenvalue weighted by atomic mass is 32.1. The maximum Gasteiger partial charge on any atom is 0.178 e. The van der Waals surface area contributed by atoms with E-state index >= 15 is 0 Å². The van der Waals surface area contributed by atoms with Crippen LogP contribution in [0.3, 0.4) is 0 Å². The minimum absolute atomic E-state index is 0.499. The number of nitrogens with zero attached hydrogens (tertiary/aromatic N) is 2. The number of ether oxygens (including phenoxy) is 1. The lowest BCUT2D eigenvalue weighted by molar-refractivity contribution is 0.174. The van der Waals surface area contributed by atoms with E-state index in [1.165, 1.54) is 44.3 Å². The molecule has 1 aromatic carbocycles. The van der Waals surface area contributed by atoms with Crippen LogP contribution in [0.1, 0.15) is 31.7 Å². The SMILES string of the molecule is COc1cccc2c1[nH]c(=S)n2C1CCN2CCCCC12. The molecule has 2 saturated heterocycles. The van der Waals surface area contributed by atoms with Gasteiger partial charge in [0.1, 0.15) is 11.3 Å². The topological polar surface area (TPSA) is 33.2 Å². The number of benzene rings is 1. The summed E-state index contributed by atoms with van der Waals surface area (Å²) in [5.74, 6) is 0.871. The molecule has 4 nitrogen and oxygen atoms in total. The molecule has 3 heterocycles. The summed E-state index contributed by atoms with van der Waals surface area (Å²) in [6.45, 7) is 2.45. The van der Waals surface area contributed by atoms with Crippen molar-refractivity contribution >= 4 is 23.3 Å². The van der Waals surface area contributed by atoms with Crippen LogP contribution in [0.25, 0.3) is 11.0 Å². The molecule has 0 amide bonds. The maximum absolute atomic E-state index is 5.62. The summed E-state index contributed by atoms with van der Waals surface area (Å²) in [6, 6.07) is 7.33. The highest BCUT2D eigenvalue weighted by Gasteiger charge is 2.37. The number of rotatable bonds is 2. The number of H-pyrrole nitrogens is 1. The zero-order chi connectivity index (χ0) is 14.4. The van der Waals surface area contributed by atoms with Crippen molar-refractivity contribution < 1.29 is 4.74 Å². The summed E-state index contributed by atoms with van der Waals surface area (Å²) in [4.78, 5) is 6.00. The van der Waals surface area contributed by atoms with Crippen LogP contribution in [-0.2, 0) is 0 Å². The molecule has 1 aromatic heterocycles. The van der Waals surface area contributed by atoms with E-state index in [1.807, 2.05) is 12.1 Å². The zero-order valence-corrected chi connectivity index (χ0v) is 13.2. The molecule has 0 spiro atoms. The number of fused-ring (bicyclic) bond motifs is 2. The lowest BCUT2D eigenvalue weighted by Gasteiger charge is -2.33. The lowest BCUT2D eigenvalue weighted by Crippen LogP contribution is -2.37. The number of hydrogen-bond acceptors (Lipinski definition) is 3. The molecule has 5 heteroatoms. The molecule has 2 fully saturated rings. The van der Waals surface area contributed by atoms with Crippen LogP contribution in [-0.4, -0.2) is 40.7 Å². The Morgan fingerprint density at radius 1 is 1.19 bits per heavy atom. The van der Waals surface area contributed by atoms with Gasteiger partial charge >= 0.3 is 0 Å². The number of aromatic nitrogens is 2. The van der Waals surface area contributed by atoms with E-state index in [9.17, 15) is 0 Å². The first-order valence-electron chi connectivity index (χ1n) is 7.81. The predicted octanol–water partition coefficient (Wildman–Crippen LogP) is 3.51. The van der Waals surface area contributed by atoms with E-state index in [0.717, 1.165) is 16.0 Å². The van der Waals surface area contributed by atoms with Gasteiger partial charge in [-0.15, -0.1) is 0 Å². The quantitative estimate of drug-likeness (QED) is 0.862. The summed E-state index contributed by atoms with van der Waals surface area (Å²) in [5, 5.41) is 0. The first-order chi connectivity index (χ1) is 10.3. The van der Waals surface area contributed by atoms with Crippen LogP contribution >= 0.6 is 12.2 Å². The average molecular weight is 303 g/mol. The van der Waals surface area contributed by atoms with Crippen LogP contribution in [0.2, 0.25) is 0 Å². The van der Waals surface area contributed by atoms with Crippen LogP contribution in [0.4, 0.5) is 0 Å². The smallest absolute Gasteiger partial charge is 0.178 e. The van der Waals surface area contributed by atoms with Gasteiger partial charge in [0, 0.05) is 12.6 Å². The van der Waals surface area contributed by atoms with E-state index < -0.39 is 0 Å². The van der Waals surface area contributed by atoms with E-state index in [0.29, 0.717) is 12.1 Å². The highest BCUT2D eigenvalue weighted by molar-refractivity contribution is 7.71. The number of methoxy groups -OCH3 is 1. The minimum Gasteiger partial charge on any atom is -0.494 e. The fourth-order valence-corrected chi connectivity index (χ4v) is 4.48. The molecule has 2 unspecified atom stereocenters. The fraction of sp³-hybridized carbons (Fsp3) is 0.562. The van der Waals surface area contributed by atoms with Gasteiger partial charge in [-0.05, 0) is 50.2 Å². The van der Waals surface area contributed by atoms with Gasteiger partial charge in [-0.2, -0.15) is 0 Å². The van der Waals surface area contributed by atoms with Gasteiger partial charge < -0.3 is 14.3 Å². The van der Waals surface area contributed by atoms with Gasteiger partial charge in [0.25, 0.3) is 0 Å². The van der Waals surface area contributed by atoms with Gasteiger partial charge in [0.2, 0.25) is 0 Å². The largest absolute Gasteiger partial charge is 0.494 e. The molecule has 21 heavy (non-hydrogen) atoms. The van der Waals surface area contributed by atoms with E-state index in [2.05, 4.69) is 20.5 Å². The zero-order valence-electron chi connectivity index (χ0n) is 12.3. The van der Waals surface area contributed by atoms with Gasteiger partial charge in [-0.3, -0.25) is 4.90 Å². The van der Waals surface area contributed by atoms with E-state index in [1.54, 1.807) is 7.11 Å². The third kappa shape index (κ3) is 2.02. The number of para-hydroxylation sites is 1. The van der Waals surface area contributed by atoms with Gasteiger partial charge in [0.05, 0.1) is 18.7 Å². The molecule has 2 aliphatic heterocycles. The Kier molecular flexibility index (Phi) is 3.27. The number of piperidine rings is 1. The van der Waals surface area contributed by atoms with E-state index in [4.69, 9.17) is 17.0 Å². The predicted molar refractivity (Wildman–Crippen MR) is 86.5 cm³/mol. The second-order valence-corrected chi connectivity index (χ2v) is 6.50. The second kappa shape index (κ2) is 5.14. The summed E-state index contributed by atoms with van der Waals surface area (Å²) in [5.41, 5.74) is 2.20. The van der Waals surface area contributed by atoms with Gasteiger partial charge in [-0.25, -0.2) is 0 Å². The van der Waals surface area contributed by atoms with Gasteiger partial charge in [-0.1, -0.05) is 12.5 Å². The molecule has 1 N–H and O–H groups in total. The molecule has 112 valence electrons. The Hall–Kier alpha value is -1.33. The Bertz CT molecular complexity index is 720. The lowest BCUT2D eigenvalue weighted by atomic mass is 9.99. The van der Waals surface area contributed by atoms with Crippen molar-refractivity contribution in [2.24, 2.45) is 0 Å². The van der Waals surface area contributed by atoms with Crippen LogP contribution in [0.5, 0.6) is 5.75 Å². The Labute approximate surface area is 129 Å². The Morgan fingerprint density at radius 2 is 2.10 bits per heavy atom. The third-order valence-electron chi connectivity index (χ3n) is 5.09. The van der Waals surface area contributed by atoms with Crippen LogP contribution < -0.4 is 4.74 Å². The Balaban J connectivity index is 1.83. The summed E-state index contributed by atoms with van der Waals surface area (Å²) in [7, 11) is 1.71. The van der Waals surface area contributed by atoms with Crippen molar-refractivity contribution in [2.45, 2.75) is 37.8 Å². The van der Waals surface area contributed by atoms with Crippen molar-refractivity contribution in [3.05, 3.63) is 23.0 Å². The first kappa shape index (κ1) is 13.3. The summed E-state index contributed by atoms with van der Waals surface area (Å²) in [6.07, 6.45) is 5.18. The molecule has 2 aliphatic rings. The molecule has 0 bridgehead atoms. The third-order valence-corrected chi connectivity index (χ3v) is 5.39. The number of nitrogens with one attached hydrogen (secondary N) is 1. The first-order valence-corrected chi connectivity index (χ1v) is 8.21. The fourth-order valence-electron chi connectivity index (χ4n) is 4.14. The summed E-state index contributed by atoms with van der Waals surface area (Å²) >= 11 is 5.62. The normalized spacial score (nSPS) is 26.1. The van der Waals surface area contributed by atoms with Crippen molar-refractivity contribution in [3.8, 4) is 5.75 Å². The van der Waals surface area contributed by atoms with E-state index in [-0.39, 0.29) is 0 Å². The molecular weight excluding hydrogens is 282 g/mol. The minimum atomic E-state index is 0.499. The number of hydrogen-bond donors (Lipinski definition) is 1. The van der Waals surface area contributed by atoms with Crippen molar-refractivity contribution in [3.63, 3.8) is 0 Å². The molecular formula is C16H21N3OS.